The Bertz CT molecular complexity index is 3410. The molecule has 56 heteroatoms. The van der Waals surface area contributed by atoms with Gasteiger partial charge in [0.1, 0.15) is 250 Å². The lowest BCUT2D eigenvalue weighted by molar-refractivity contribution is -0.394. The Kier molecular flexibility index (Phi) is 38.7. The van der Waals surface area contributed by atoms with Crippen LogP contribution in [0.5, 0.6) is 0 Å². The summed E-state index contributed by atoms with van der Waals surface area (Å²) in [5.41, 5.74) is 0. The third-order valence-corrected chi connectivity index (χ3v) is 23.7. The van der Waals surface area contributed by atoms with Crippen molar-refractivity contribution in [3.8, 4) is 0 Å². The van der Waals surface area contributed by atoms with E-state index in [0.717, 1.165) is 20.8 Å². The first-order valence-electron chi connectivity index (χ1n) is 41.2. The second kappa shape index (κ2) is 46.5. The molecule has 0 aromatic rings. The van der Waals surface area contributed by atoms with Crippen LogP contribution in [0.25, 0.3) is 0 Å². The minimum atomic E-state index is -2.58. The maximum atomic E-state index is 13.7. The van der Waals surface area contributed by atoms with Crippen molar-refractivity contribution in [1.29, 1.82) is 0 Å². The summed E-state index contributed by atoms with van der Waals surface area (Å²) < 4.78 is 120. The molecular formula is C72H123N3O53. The van der Waals surface area contributed by atoms with Crippen molar-refractivity contribution in [2.24, 2.45) is 0 Å². The highest BCUT2D eigenvalue weighted by molar-refractivity contribution is 5.74. The number of carbonyl (C=O) groups excluding carboxylic acids is 3. The van der Waals surface area contributed by atoms with Gasteiger partial charge in [0.25, 0.3) is 0 Å². The van der Waals surface area contributed by atoms with Crippen molar-refractivity contribution in [1.82, 2.24) is 16.0 Å². The van der Waals surface area contributed by atoms with Crippen LogP contribution < -0.4 is 16.0 Å². The smallest absolute Gasteiger partial charge is 0.217 e. The van der Waals surface area contributed by atoms with E-state index >= 15 is 0 Å². The fraction of sp³-hybridized carbons (Fsp3) is 0.958. The number of rotatable bonds is 35. The van der Waals surface area contributed by atoms with Crippen LogP contribution in [-0.4, -0.2) is 562 Å². The molecule has 10 aliphatic rings. The quantitative estimate of drug-likeness (QED) is 0.0280. The molecule has 56 nitrogen and oxygen atoms in total. The number of amides is 3. The Morgan fingerprint density at radius 3 is 0.914 bits per heavy atom. The molecule has 0 aliphatic carbocycles. The summed E-state index contributed by atoms with van der Waals surface area (Å²) in [7, 11) is 0. The molecule has 10 heterocycles. The van der Waals surface area contributed by atoms with E-state index in [1.54, 1.807) is 0 Å². The van der Waals surface area contributed by atoms with E-state index in [2.05, 4.69) is 16.0 Å². The molecule has 33 N–H and O–H groups in total. The standard InChI is InChI=1S/C72H123N3O53/c1-16-34(89)44(99)49(104)66(110-16)124-58-33(75-21(6)86)63(118-29(14-83)55(58)121-69-52(107)59(42(97)28(13-82)115-69)125-64-31(73-19(4)84)56(40(95)26(11-80)113-64)122-71-61(47(102)38(93)24(9-78)116-71)127-67-50(105)45(100)35(90)17(2)111-67)109-15-30-43(98)60(53(108)70(119-30)120-54(23(88)8-77)37(92)22(87)7-76)126-65-32(74-20(5)85)57(41(96)27(12-81)114-65)123-72-62(48(103)39(94)25(10-79)117-72)128-68-51(106)46(101)36(91)18(3)112-68/h16-18,22-72,76-83,87-108H,7-15H2,1-6H3,(H,73,84)(H,74,85)(H,75,86)/t16-,17-,18-,22-,23+,24+,25+,26+,27+,28+,29+,30+,31+,32+,33+,34+,35+,36+,37+,38-,39-,40+,41+,42-,43-,44+,45+,46+,47-,48-,49-,50-,51-,52+,53+,54+,55+,56+,57+,58+,59-,60-,61+,62+,63+,64-,65-,66-,67-,68-,69-,70-,71-,72-/m0/s1. The van der Waals surface area contributed by atoms with Crippen molar-refractivity contribution in [3.05, 3.63) is 0 Å². The minimum Gasteiger partial charge on any atom is -0.394 e. The highest BCUT2D eigenvalue weighted by atomic mass is 16.8. The first kappa shape index (κ1) is 106. The third-order valence-electron chi connectivity index (χ3n) is 23.7. The highest BCUT2D eigenvalue weighted by Crippen LogP contribution is 2.42. The molecule has 0 spiro atoms. The van der Waals surface area contributed by atoms with Gasteiger partial charge in [0, 0.05) is 20.8 Å². The Labute approximate surface area is 726 Å². The normalized spacial score (nSPS) is 49.0. The first-order valence-corrected chi connectivity index (χ1v) is 41.2. The van der Waals surface area contributed by atoms with E-state index < -0.39 is 408 Å². The molecular weight excluding hydrogens is 1750 g/mol. The van der Waals surface area contributed by atoms with E-state index in [-0.39, 0.29) is 0 Å². The largest absolute Gasteiger partial charge is 0.394 e. The molecule has 10 saturated heterocycles. The number of ether oxygens (including phenoxy) is 20. The summed E-state index contributed by atoms with van der Waals surface area (Å²) in [6, 6.07) is -6.14. The van der Waals surface area contributed by atoms with Crippen LogP contribution in [0.15, 0.2) is 0 Å². The van der Waals surface area contributed by atoms with Crippen LogP contribution in [0.3, 0.4) is 0 Å². The van der Waals surface area contributed by atoms with Crippen LogP contribution in [-0.2, 0) is 109 Å². The van der Waals surface area contributed by atoms with Crippen molar-refractivity contribution in [2.75, 3.05) is 59.5 Å². The van der Waals surface area contributed by atoms with E-state index in [1.807, 2.05) is 0 Å². The average molecular weight is 1880 g/mol. The zero-order chi connectivity index (χ0) is 94.5. The molecule has 0 bridgehead atoms. The number of hydrogen-bond acceptors (Lipinski definition) is 53. The van der Waals surface area contributed by atoms with Gasteiger partial charge < -0.3 is 264 Å². The van der Waals surface area contributed by atoms with Crippen molar-refractivity contribution < 1.29 is 262 Å². The summed E-state index contributed by atoms with van der Waals surface area (Å²) in [6.07, 6.45) is -107. The monoisotopic (exact) mass is 1880 g/mol. The van der Waals surface area contributed by atoms with Crippen molar-refractivity contribution in [3.63, 3.8) is 0 Å². The van der Waals surface area contributed by atoms with Gasteiger partial charge in [0.15, 0.2) is 62.9 Å². The van der Waals surface area contributed by atoms with Crippen LogP contribution in [0.1, 0.15) is 41.5 Å². The highest BCUT2D eigenvalue weighted by Gasteiger charge is 2.63. The topological polar surface area (TPSA) is 879 Å². The van der Waals surface area contributed by atoms with Crippen molar-refractivity contribution >= 4 is 17.7 Å². The maximum Gasteiger partial charge on any atom is 0.217 e. The molecule has 10 rings (SSSR count). The van der Waals surface area contributed by atoms with Crippen molar-refractivity contribution in [2.45, 2.75) is 373 Å². The van der Waals surface area contributed by atoms with Crippen LogP contribution >= 0.6 is 0 Å². The molecule has 0 aromatic heterocycles. The molecule has 10 aliphatic heterocycles. The number of nitrogens with one attached hydrogen (secondary N) is 3. The maximum absolute atomic E-state index is 13.7. The van der Waals surface area contributed by atoms with Crippen LogP contribution in [0.4, 0.5) is 0 Å². The van der Waals surface area contributed by atoms with E-state index in [9.17, 15) is 168 Å². The Morgan fingerprint density at radius 1 is 0.266 bits per heavy atom. The lowest BCUT2D eigenvalue weighted by Gasteiger charge is -2.52. The number of carbonyl (C=O) groups is 3. The van der Waals surface area contributed by atoms with Gasteiger partial charge in [-0.05, 0) is 20.8 Å². The van der Waals surface area contributed by atoms with Gasteiger partial charge in [-0.1, -0.05) is 0 Å². The van der Waals surface area contributed by atoms with Crippen LogP contribution in [0, 0.1) is 0 Å². The minimum absolute atomic E-state index is 0.891. The Hall–Kier alpha value is -3.59. The molecule has 0 saturated carbocycles. The number of hydrogen-bond donors (Lipinski definition) is 33. The molecule has 0 unspecified atom stereocenters. The zero-order valence-electron chi connectivity index (χ0n) is 69.3. The Morgan fingerprint density at radius 2 is 0.547 bits per heavy atom. The van der Waals surface area contributed by atoms with Gasteiger partial charge in [-0.25, -0.2) is 0 Å². The second-order valence-electron chi connectivity index (χ2n) is 32.8. The molecule has 3 amide bonds. The van der Waals surface area contributed by atoms with E-state index in [4.69, 9.17) is 94.7 Å². The predicted molar refractivity (Wildman–Crippen MR) is 395 cm³/mol. The Balaban J connectivity index is 0.977. The number of aliphatic hydroxyl groups is 30. The summed E-state index contributed by atoms with van der Waals surface area (Å²) >= 11 is 0. The third kappa shape index (κ3) is 23.4. The van der Waals surface area contributed by atoms with Gasteiger partial charge in [-0.2, -0.15) is 0 Å². The van der Waals surface area contributed by atoms with Gasteiger partial charge in [0.05, 0.1) is 77.8 Å². The van der Waals surface area contributed by atoms with Crippen LogP contribution in [0.2, 0.25) is 0 Å². The van der Waals surface area contributed by atoms with E-state index in [0.29, 0.717) is 0 Å². The van der Waals surface area contributed by atoms with Gasteiger partial charge in [0.2, 0.25) is 17.7 Å². The molecule has 10 fully saturated rings. The molecule has 128 heavy (non-hydrogen) atoms. The van der Waals surface area contributed by atoms with E-state index in [1.165, 1.54) is 20.8 Å². The number of aliphatic hydroxyl groups excluding tert-OH is 30. The lowest BCUT2D eigenvalue weighted by Crippen LogP contribution is -2.71. The van der Waals surface area contributed by atoms with Gasteiger partial charge in [-0.15, -0.1) is 0 Å². The summed E-state index contributed by atoms with van der Waals surface area (Å²) in [6.45, 7) is -4.47. The first-order chi connectivity index (χ1) is 60.4. The summed E-state index contributed by atoms with van der Waals surface area (Å²) in [4.78, 5) is 40.4. The average Bonchev–Trinajstić information content (AvgIpc) is 0.764. The van der Waals surface area contributed by atoms with Gasteiger partial charge in [-0.3, -0.25) is 14.4 Å². The molecule has 744 valence electrons. The lowest BCUT2D eigenvalue weighted by atomic mass is 9.93. The summed E-state index contributed by atoms with van der Waals surface area (Å²) in [5, 5.41) is 341. The fourth-order valence-electron chi connectivity index (χ4n) is 16.4. The molecule has 0 aromatic carbocycles. The summed E-state index contributed by atoms with van der Waals surface area (Å²) in [5.74, 6) is -3.08. The fourth-order valence-corrected chi connectivity index (χ4v) is 16.4. The second-order valence-corrected chi connectivity index (χ2v) is 32.8. The molecule has 54 atom stereocenters. The predicted octanol–water partition coefficient (Wildman–Crippen LogP) is -21.8. The van der Waals surface area contributed by atoms with Gasteiger partial charge >= 0.3 is 0 Å². The zero-order valence-corrected chi connectivity index (χ0v) is 69.3. The SMILES string of the molecule is CC(=O)N[C@H]1[C@H](OC[C@H]2O[C@@H](O[C@@H]([C@H](O)[C@@H](O)CO)[C@H](O)CO)[C@H](O)[C@@H](O[C@@H]3O[C@H](CO)[C@@H](O)[C@H](O[C@@H]4O[C@H](CO)[C@H](O)[C@H](O)[C@H]4O[C@@H]4O[C@@H](C)[C@@H](O)[C@@H](O)[C@@H]4O)[C@H]3NC(C)=O)[C@H]2O)O[C@H](CO)[C@@H](O[C@@H]2O[C@H](CO)[C@H](O)[C@H](O[C@@H]3O[C@H](CO)[C@@H](O)[C@H](O[C@@H]4O[C@H](CO)[C@H](O)[C@H](O)[C@H]4O[C@@H]4O[C@@H](C)[C@@H](O)[C@@H](O)[C@@H]4O)[C@H]3NC(C)=O)[C@H]2O)[C@@H]1O[C@@H]1O[C@@H](C)[C@@H](O)[C@@H](O)[C@@H]1O. The molecule has 0 radical (unpaired) electrons.